The Labute approximate surface area is 146 Å². The first-order chi connectivity index (χ1) is 11.1. The van der Waals surface area contributed by atoms with Crippen LogP contribution in [0.3, 0.4) is 0 Å². The lowest BCUT2D eigenvalue weighted by Gasteiger charge is -2.35. The highest BCUT2D eigenvalue weighted by atomic mass is 32.1. The predicted octanol–water partition coefficient (Wildman–Crippen LogP) is 4.24. The second-order valence-electron chi connectivity index (χ2n) is 6.63. The molecule has 0 aliphatic carbocycles. The van der Waals surface area contributed by atoms with Gasteiger partial charge in [-0.3, -0.25) is 0 Å². The van der Waals surface area contributed by atoms with Gasteiger partial charge >= 0.3 is 0 Å². The number of hydrogen-bond acceptors (Lipinski definition) is 2. The molecule has 23 heavy (non-hydrogen) atoms. The summed E-state index contributed by atoms with van der Waals surface area (Å²) in [5, 5.41) is 7.33. The highest BCUT2D eigenvalue weighted by molar-refractivity contribution is 7.80. The first-order valence-electron chi connectivity index (χ1n) is 8.96. The van der Waals surface area contributed by atoms with Crippen LogP contribution in [0.1, 0.15) is 50.2 Å². The van der Waals surface area contributed by atoms with Crippen LogP contribution in [0.2, 0.25) is 0 Å². The Kier molecular flexibility index (Phi) is 7.31. The van der Waals surface area contributed by atoms with E-state index in [1.165, 1.54) is 49.9 Å². The zero-order valence-electron chi connectivity index (χ0n) is 14.8. The third-order valence-electron chi connectivity index (χ3n) is 4.89. The fourth-order valence-corrected chi connectivity index (χ4v) is 3.52. The third-order valence-corrected chi connectivity index (χ3v) is 5.14. The summed E-state index contributed by atoms with van der Waals surface area (Å²) in [6.45, 7) is 9.94. The fourth-order valence-electron chi connectivity index (χ4n) is 3.30. The maximum Gasteiger partial charge on any atom is 0.170 e. The van der Waals surface area contributed by atoms with Gasteiger partial charge in [0.15, 0.2) is 5.11 Å². The van der Waals surface area contributed by atoms with Gasteiger partial charge < -0.3 is 15.5 Å². The molecule has 2 N–H and O–H groups in total. The van der Waals surface area contributed by atoms with Crippen LogP contribution in [-0.4, -0.2) is 35.7 Å². The molecule has 0 spiro atoms. The van der Waals surface area contributed by atoms with Crippen molar-refractivity contribution in [2.24, 2.45) is 0 Å². The van der Waals surface area contributed by atoms with Gasteiger partial charge in [-0.2, -0.15) is 0 Å². The van der Waals surface area contributed by atoms with Crippen molar-refractivity contribution in [2.75, 3.05) is 25.0 Å². The van der Waals surface area contributed by atoms with Crippen LogP contribution in [0.15, 0.2) is 18.2 Å². The van der Waals surface area contributed by atoms with Crippen LogP contribution in [-0.2, 0) is 0 Å². The molecule has 2 rings (SSSR count). The SMILES string of the molecule is CC[C@@H]1CCCCN1CCCNC(=S)Nc1ccc(C)c(C)c1. The molecule has 0 radical (unpaired) electrons. The summed E-state index contributed by atoms with van der Waals surface area (Å²) >= 11 is 5.39. The maximum atomic E-state index is 5.39. The van der Waals surface area contributed by atoms with E-state index in [4.69, 9.17) is 12.2 Å². The number of likely N-dealkylation sites (tertiary alicyclic amines) is 1. The molecule has 1 heterocycles. The van der Waals surface area contributed by atoms with E-state index >= 15 is 0 Å². The number of piperidine rings is 1. The first-order valence-corrected chi connectivity index (χ1v) is 9.37. The summed E-state index contributed by atoms with van der Waals surface area (Å²) in [7, 11) is 0. The Balaban J connectivity index is 1.67. The van der Waals surface area contributed by atoms with Gasteiger partial charge in [0.2, 0.25) is 0 Å². The van der Waals surface area contributed by atoms with E-state index in [0.717, 1.165) is 29.8 Å². The summed E-state index contributed by atoms with van der Waals surface area (Å²) in [5.74, 6) is 0. The van der Waals surface area contributed by atoms with Crippen LogP contribution in [0.4, 0.5) is 5.69 Å². The Morgan fingerprint density at radius 1 is 1.26 bits per heavy atom. The van der Waals surface area contributed by atoms with Crippen molar-refractivity contribution in [3.05, 3.63) is 29.3 Å². The van der Waals surface area contributed by atoms with Crippen LogP contribution in [0.25, 0.3) is 0 Å². The van der Waals surface area contributed by atoms with Gasteiger partial charge in [-0.1, -0.05) is 19.4 Å². The molecule has 1 aliphatic rings. The van der Waals surface area contributed by atoms with Crippen LogP contribution < -0.4 is 10.6 Å². The first kappa shape index (κ1) is 18.2. The lowest BCUT2D eigenvalue weighted by molar-refractivity contribution is 0.143. The lowest BCUT2D eigenvalue weighted by atomic mass is 10.00. The molecule has 0 aromatic heterocycles. The number of thiocarbonyl (C=S) groups is 1. The average Bonchev–Trinajstić information content (AvgIpc) is 2.55. The minimum atomic E-state index is 0.721. The van der Waals surface area contributed by atoms with Crippen molar-refractivity contribution in [2.45, 2.75) is 58.9 Å². The minimum Gasteiger partial charge on any atom is -0.362 e. The van der Waals surface area contributed by atoms with Gasteiger partial charge in [-0.05, 0) is 81.6 Å². The average molecular weight is 334 g/mol. The number of hydrogen-bond donors (Lipinski definition) is 2. The van der Waals surface area contributed by atoms with Gasteiger partial charge in [0.25, 0.3) is 0 Å². The van der Waals surface area contributed by atoms with E-state index in [0.29, 0.717) is 0 Å². The second-order valence-corrected chi connectivity index (χ2v) is 7.04. The van der Waals surface area contributed by atoms with Gasteiger partial charge in [0.1, 0.15) is 0 Å². The predicted molar refractivity (Wildman–Crippen MR) is 104 cm³/mol. The largest absolute Gasteiger partial charge is 0.362 e. The molecule has 0 amide bonds. The molecular weight excluding hydrogens is 302 g/mol. The van der Waals surface area contributed by atoms with Gasteiger partial charge in [0, 0.05) is 24.8 Å². The Bertz CT molecular complexity index is 515. The maximum absolute atomic E-state index is 5.39. The Morgan fingerprint density at radius 2 is 2.09 bits per heavy atom. The molecule has 0 unspecified atom stereocenters. The third kappa shape index (κ3) is 5.78. The zero-order chi connectivity index (χ0) is 16.7. The van der Waals surface area contributed by atoms with Crippen molar-refractivity contribution in [3.8, 4) is 0 Å². The van der Waals surface area contributed by atoms with Gasteiger partial charge in [-0.15, -0.1) is 0 Å². The van der Waals surface area contributed by atoms with E-state index < -0.39 is 0 Å². The topological polar surface area (TPSA) is 27.3 Å². The molecule has 1 aliphatic heterocycles. The standard InChI is InChI=1S/C19H31N3S/c1-4-18-8-5-6-12-22(18)13-7-11-20-19(23)21-17-10-9-15(2)16(3)14-17/h9-10,14,18H,4-8,11-13H2,1-3H3,(H2,20,21,23)/t18-/m1/s1. The van der Waals surface area contributed by atoms with Crippen molar-refractivity contribution in [1.82, 2.24) is 10.2 Å². The summed E-state index contributed by atoms with van der Waals surface area (Å²) < 4.78 is 0. The van der Waals surface area contributed by atoms with E-state index in [1.54, 1.807) is 0 Å². The molecule has 1 fully saturated rings. The molecule has 128 valence electrons. The Morgan fingerprint density at radius 3 is 2.83 bits per heavy atom. The van der Waals surface area contributed by atoms with Crippen molar-refractivity contribution in [3.63, 3.8) is 0 Å². The summed E-state index contributed by atoms with van der Waals surface area (Å²) in [5.41, 5.74) is 3.66. The molecular formula is C19H31N3S. The van der Waals surface area contributed by atoms with Crippen molar-refractivity contribution in [1.29, 1.82) is 0 Å². The summed E-state index contributed by atoms with van der Waals surface area (Å²) in [4.78, 5) is 2.66. The normalized spacial score (nSPS) is 18.7. The fraction of sp³-hybridized carbons (Fsp3) is 0.632. The van der Waals surface area contributed by atoms with Gasteiger partial charge in [0.05, 0.1) is 0 Å². The number of rotatable bonds is 6. The molecule has 1 aromatic rings. The second kappa shape index (κ2) is 9.24. The molecule has 1 aromatic carbocycles. The Hall–Kier alpha value is -1.13. The summed E-state index contributed by atoms with van der Waals surface area (Å²) in [6, 6.07) is 7.14. The van der Waals surface area contributed by atoms with Crippen LogP contribution in [0, 0.1) is 13.8 Å². The van der Waals surface area contributed by atoms with Crippen molar-refractivity contribution >= 4 is 23.0 Å². The van der Waals surface area contributed by atoms with E-state index in [9.17, 15) is 0 Å². The van der Waals surface area contributed by atoms with E-state index in [1.807, 2.05) is 0 Å². The number of anilines is 1. The summed E-state index contributed by atoms with van der Waals surface area (Å²) in [6.07, 6.45) is 6.55. The molecule has 0 saturated carbocycles. The van der Waals surface area contributed by atoms with Crippen LogP contribution in [0.5, 0.6) is 0 Å². The van der Waals surface area contributed by atoms with Crippen molar-refractivity contribution < 1.29 is 0 Å². The molecule has 1 saturated heterocycles. The molecule has 1 atom stereocenters. The highest BCUT2D eigenvalue weighted by Crippen LogP contribution is 2.19. The monoisotopic (exact) mass is 333 g/mol. The van der Waals surface area contributed by atoms with Crippen LogP contribution >= 0.6 is 12.2 Å². The lowest BCUT2D eigenvalue weighted by Crippen LogP contribution is -2.40. The number of aryl methyl sites for hydroxylation is 2. The van der Waals surface area contributed by atoms with Gasteiger partial charge in [-0.25, -0.2) is 0 Å². The molecule has 4 heteroatoms. The smallest absolute Gasteiger partial charge is 0.170 e. The zero-order valence-corrected chi connectivity index (χ0v) is 15.6. The number of benzene rings is 1. The quantitative estimate of drug-likeness (QED) is 0.601. The van der Waals surface area contributed by atoms with E-state index in [-0.39, 0.29) is 0 Å². The minimum absolute atomic E-state index is 0.721. The number of nitrogens with one attached hydrogen (secondary N) is 2. The van der Waals surface area contributed by atoms with E-state index in [2.05, 4.69) is 54.5 Å². The number of nitrogens with zero attached hydrogens (tertiary/aromatic N) is 1. The highest BCUT2D eigenvalue weighted by Gasteiger charge is 2.19. The molecule has 0 bridgehead atoms. The molecule has 3 nitrogen and oxygen atoms in total.